The Morgan fingerprint density at radius 1 is 1.03 bits per heavy atom. The van der Waals surface area contributed by atoms with E-state index >= 15 is 0 Å². The van der Waals surface area contributed by atoms with Crippen molar-refractivity contribution >= 4 is 15.7 Å². The van der Waals surface area contributed by atoms with Crippen molar-refractivity contribution in [3.05, 3.63) is 83.9 Å². The van der Waals surface area contributed by atoms with Crippen molar-refractivity contribution in [1.29, 1.82) is 5.26 Å². The second-order valence-electron chi connectivity index (χ2n) is 8.65. The number of anilines is 1. The summed E-state index contributed by atoms with van der Waals surface area (Å²) >= 11 is 0. The predicted octanol–water partition coefficient (Wildman–Crippen LogP) is 3.79. The van der Waals surface area contributed by atoms with E-state index in [-0.39, 0.29) is 29.5 Å². The summed E-state index contributed by atoms with van der Waals surface area (Å²) in [5.41, 5.74) is 4.28. The first kappa shape index (κ1) is 21.7. The zero-order chi connectivity index (χ0) is 23.2. The lowest BCUT2D eigenvalue weighted by molar-refractivity contribution is 0.193. The molecule has 3 aromatic carbocycles. The van der Waals surface area contributed by atoms with Gasteiger partial charge in [0.05, 0.1) is 35.2 Å². The van der Waals surface area contributed by atoms with Gasteiger partial charge in [0, 0.05) is 25.2 Å². The van der Waals surface area contributed by atoms with Crippen LogP contribution in [-0.4, -0.2) is 44.1 Å². The average Bonchev–Trinajstić information content (AvgIpc) is 3.31. The van der Waals surface area contributed by atoms with Gasteiger partial charge in [-0.2, -0.15) is 9.57 Å². The molecule has 7 heteroatoms. The number of nitrogens with zero attached hydrogens (tertiary/aromatic N) is 3. The molecule has 0 saturated carbocycles. The van der Waals surface area contributed by atoms with Crippen molar-refractivity contribution in [3.8, 4) is 17.2 Å². The summed E-state index contributed by atoms with van der Waals surface area (Å²) in [7, 11) is -1.74. The molecule has 0 amide bonds. The van der Waals surface area contributed by atoms with Crippen molar-refractivity contribution in [3.63, 3.8) is 0 Å². The van der Waals surface area contributed by atoms with Gasteiger partial charge in [0.1, 0.15) is 0 Å². The molecule has 2 heterocycles. The van der Waals surface area contributed by atoms with Crippen LogP contribution in [0.1, 0.15) is 23.6 Å². The quantitative estimate of drug-likeness (QED) is 0.642. The number of benzene rings is 3. The first-order valence-electron chi connectivity index (χ1n) is 11.0. The molecule has 6 nitrogen and oxygen atoms in total. The maximum atomic E-state index is 13.6. The Hall–Kier alpha value is -3.18. The molecule has 0 radical (unpaired) electrons. The molecule has 1 saturated heterocycles. The predicted molar refractivity (Wildman–Crippen MR) is 127 cm³/mol. The normalized spacial score (nSPS) is 22.5. The molecule has 3 atom stereocenters. The molecule has 1 N–H and O–H groups in total. The van der Waals surface area contributed by atoms with Gasteiger partial charge in [-0.1, -0.05) is 36.4 Å². The van der Waals surface area contributed by atoms with Crippen LogP contribution in [0.5, 0.6) is 0 Å². The van der Waals surface area contributed by atoms with E-state index in [1.807, 2.05) is 43.4 Å². The van der Waals surface area contributed by atoms with Crippen LogP contribution in [0.3, 0.4) is 0 Å². The van der Waals surface area contributed by atoms with Gasteiger partial charge in [0.2, 0.25) is 10.0 Å². The third-order valence-corrected chi connectivity index (χ3v) is 8.87. The van der Waals surface area contributed by atoms with Gasteiger partial charge >= 0.3 is 0 Å². The van der Waals surface area contributed by atoms with Crippen LogP contribution in [0.25, 0.3) is 11.1 Å². The first-order valence-corrected chi connectivity index (χ1v) is 12.4. The lowest BCUT2D eigenvalue weighted by Gasteiger charge is -2.44. The minimum atomic E-state index is -3.70. The Bertz CT molecular complexity index is 1330. The summed E-state index contributed by atoms with van der Waals surface area (Å²) in [6.07, 6.45) is 0.680. The third kappa shape index (κ3) is 3.51. The second kappa shape index (κ2) is 8.31. The molecule has 0 aliphatic carbocycles. The van der Waals surface area contributed by atoms with Gasteiger partial charge in [-0.25, -0.2) is 8.42 Å². The number of hydrogen-bond donors (Lipinski definition) is 1. The highest BCUT2D eigenvalue weighted by Gasteiger charge is 2.50. The molecular weight excluding hydrogens is 434 g/mol. The molecule has 0 spiro atoms. The minimum absolute atomic E-state index is 0.0216. The number of rotatable bonds is 4. The SMILES string of the molecule is CN1c2ccc(-c3cccc(C#N)c3)cc2[C@@H]2[C@@H](CCN2S(=O)(=O)c2ccccc2)[C@@H]1CO. The number of fused-ring (bicyclic) bond motifs is 3. The van der Waals surface area contributed by atoms with Crippen LogP contribution in [0.2, 0.25) is 0 Å². The summed E-state index contributed by atoms with van der Waals surface area (Å²) in [6, 6.07) is 23.6. The van der Waals surface area contributed by atoms with Gasteiger partial charge in [-0.05, 0) is 59.5 Å². The number of sulfonamides is 1. The molecule has 1 fully saturated rings. The second-order valence-corrected chi connectivity index (χ2v) is 10.5. The van der Waals surface area contributed by atoms with E-state index in [0.29, 0.717) is 18.5 Å². The maximum absolute atomic E-state index is 13.6. The smallest absolute Gasteiger partial charge is 0.243 e. The van der Waals surface area contributed by atoms with Gasteiger partial charge in [0.15, 0.2) is 0 Å². The largest absolute Gasteiger partial charge is 0.394 e. The van der Waals surface area contributed by atoms with Crippen LogP contribution in [-0.2, 0) is 10.0 Å². The van der Waals surface area contributed by atoms with E-state index in [1.165, 1.54) is 0 Å². The van der Waals surface area contributed by atoms with Gasteiger partial charge in [-0.3, -0.25) is 0 Å². The number of aliphatic hydroxyl groups excluding tert-OH is 1. The van der Waals surface area contributed by atoms with E-state index in [0.717, 1.165) is 22.4 Å². The summed E-state index contributed by atoms with van der Waals surface area (Å²) in [6.45, 7) is 0.368. The average molecular weight is 460 g/mol. The Kier molecular flexibility index (Phi) is 5.45. The summed E-state index contributed by atoms with van der Waals surface area (Å²) < 4.78 is 28.9. The van der Waals surface area contributed by atoms with Crippen LogP contribution in [0.15, 0.2) is 77.7 Å². The van der Waals surface area contributed by atoms with E-state index in [1.54, 1.807) is 40.7 Å². The number of nitriles is 1. The van der Waals surface area contributed by atoms with E-state index < -0.39 is 10.0 Å². The van der Waals surface area contributed by atoms with Crippen LogP contribution < -0.4 is 4.90 Å². The molecule has 33 heavy (non-hydrogen) atoms. The van der Waals surface area contributed by atoms with Crippen molar-refractivity contribution in [1.82, 2.24) is 4.31 Å². The molecular formula is C26H25N3O3S. The number of hydrogen-bond acceptors (Lipinski definition) is 5. The summed E-state index contributed by atoms with van der Waals surface area (Å²) in [4.78, 5) is 2.36. The van der Waals surface area contributed by atoms with Crippen molar-refractivity contribution < 1.29 is 13.5 Å². The van der Waals surface area contributed by atoms with Crippen molar-refractivity contribution in [2.45, 2.75) is 23.4 Å². The van der Waals surface area contributed by atoms with Crippen LogP contribution in [0, 0.1) is 17.2 Å². The summed E-state index contributed by atoms with van der Waals surface area (Å²) in [5.74, 6) is -0.0216. The molecule has 2 aliphatic heterocycles. The van der Waals surface area contributed by atoms with Crippen molar-refractivity contribution in [2.75, 3.05) is 25.1 Å². The first-order chi connectivity index (χ1) is 16.0. The Labute approximate surface area is 194 Å². The van der Waals surface area contributed by atoms with E-state index in [2.05, 4.69) is 11.0 Å². The monoisotopic (exact) mass is 459 g/mol. The molecule has 168 valence electrons. The molecule has 0 unspecified atom stereocenters. The van der Waals surface area contributed by atoms with Crippen LogP contribution >= 0.6 is 0 Å². The fraction of sp³-hybridized carbons (Fsp3) is 0.269. The molecule has 0 bridgehead atoms. The Balaban J connectivity index is 1.65. The van der Waals surface area contributed by atoms with Gasteiger partial charge in [-0.15, -0.1) is 0 Å². The van der Waals surface area contributed by atoms with Crippen molar-refractivity contribution in [2.24, 2.45) is 5.92 Å². The summed E-state index contributed by atoms with van der Waals surface area (Å²) in [5, 5.41) is 19.5. The molecule has 5 rings (SSSR count). The molecule has 3 aromatic rings. The highest BCUT2D eigenvalue weighted by Crippen LogP contribution is 2.51. The van der Waals surface area contributed by atoms with E-state index in [4.69, 9.17) is 0 Å². The third-order valence-electron chi connectivity index (χ3n) is 6.98. The van der Waals surface area contributed by atoms with Crippen LogP contribution in [0.4, 0.5) is 5.69 Å². The van der Waals surface area contributed by atoms with E-state index in [9.17, 15) is 18.8 Å². The molecule has 2 aliphatic rings. The molecule has 0 aromatic heterocycles. The maximum Gasteiger partial charge on any atom is 0.243 e. The fourth-order valence-electron chi connectivity index (χ4n) is 5.36. The number of likely N-dealkylation sites (N-methyl/N-ethyl adjacent to an activating group) is 1. The zero-order valence-electron chi connectivity index (χ0n) is 18.3. The lowest BCUT2D eigenvalue weighted by Crippen LogP contribution is -2.48. The fourth-order valence-corrected chi connectivity index (χ4v) is 7.04. The number of aliphatic hydroxyl groups is 1. The minimum Gasteiger partial charge on any atom is -0.394 e. The highest BCUT2D eigenvalue weighted by molar-refractivity contribution is 7.89. The standard InChI is InChI=1S/C26H25N3O3S/c1-28-24-11-10-20(19-7-5-6-18(14-19)16-27)15-23(24)26-22(25(28)17-30)12-13-29(26)33(31,32)21-8-3-2-4-9-21/h2-11,14-15,22,25-26,30H,12-13,17H2,1H3/t22-,25-,26-/m0/s1. The van der Waals surface area contributed by atoms with Gasteiger partial charge < -0.3 is 10.0 Å². The Morgan fingerprint density at radius 3 is 2.52 bits per heavy atom. The lowest BCUT2D eigenvalue weighted by atomic mass is 9.81. The topological polar surface area (TPSA) is 84.6 Å². The van der Waals surface area contributed by atoms with Gasteiger partial charge in [0.25, 0.3) is 0 Å². The Morgan fingerprint density at radius 2 is 1.79 bits per heavy atom. The zero-order valence-corrected chi connectivity index (χ0v) is 19.1. The highest BCUT2D eigenvalue weighted by atomic mass is 32.2.